The predicted molar refractivity (Wildman–Crippen MR) is 66.3 cm³/mol. The number of carbonyl (C=O) groups is 1. The van der Waals surface area contributed by atoms with Gasteiger partial charge < -0.3 is 4.90 Å². The fourth-order valence-corrected chi connectivity index (χ4v) is 2.26. The zero-order valence-corrected chi connectivity index (χ0v) is 10.9. The van der Waals surface area contributed by atoms with Gasteiger partial charge in [-0.15, -0.1) is 0 Å². The number of carbonyl (C=O) groups excluding carboxylic acids is 1. The maximum atomic E-state index is 11.8. The SMILES string of the molecule is CC(C)CN(C)C(=O)CCC1CCC[N]C1. The van der Waals surface area contributed by atoms with Gasteiger partial charge in [-0.2, -0.15) is 0 Å². The molecule has 0 aromatic carbocycles. The number of nitrogens with zero attached hydrogens (tertiary/aromatic N) is 2. The summed E-state index contributed by atoms with van der Waals surface area (Å²) in [6.45, 7) is 7.15. The maximum absolute atomic E-state index is 11.8. The van der Waals surface area contributed by atoms with Crippen LogP contribution in [0.15, 0.2) is 0 Å². The first-order valence-electron chi connectivity index (χ1n) is 6.46. The fourth-order valence-electron chi connectivity index (χ4n) is 2.26. The van der Waals surface area contributed by atoms with Crippen LogP contribution in [0.1, 0.15) is 39.5 Å². The summed E-state index contributed by atoms with van der Waals surface area (Å²) in [5.74, 6) is 1.50. The third kappa shape index (κ3) is 4.97. The summed E-state index contributed by atoms with van der Waals surface area (Å²) in [6.07, 6.45) is 4.18. The molecule has 93 valence electrons. The monoisotopic (exact) mass is 225 g/mol. The number of piperidine rings is 1. The second-order valence-electron chi connectivity index (χ2n) is 5.34. The molecule has 1 radical (unpaired) electrons. The summed E-state index contributed by atoms with van der Waals surface area (Å²) in [4.78, 5) is 13.7. The number of rotatable bonds is 5. The minimum Gasteiger partial charge on any atom is -0.346 e. The van der Waals surface area contributed by atoms with E-state index in [0.29, 0.717) is 24.2 Å². The highest BCUT2D eigenvalue weighted by Gasteiger charge is 2.17. The molecule has 1 unspecified atom stereocenters. The zero-order valence-electron chi connectivity index (χ0n) is 10.9. The molecule has 0 aromatic heterocycles. The van der Waals surface area contributed by atoms with Crippen molar-refractivity contribution in [2.75, 3.05) is 26.7 Å². The van der Waals surface area contributed by atoms with Crippen molar-refractivity contribution in [2.45, 2.75) is 39.5 Å². The summed E-state index contributed by atoms with van der Waals surface area (Å²) in [5.41, 5.74) is 0. The van der Waals surface area contributed by atoms with Gasteiger partial charge in [0.1, 0.15) is 0 Å². The summed E-state index contributed by atoms with van der Waals surface area (Å²) in [6, 6.07) is 0. The molecule has 1 heterocycles. The topological polar surface area (TPSA) is 34.4 Å². The molecule has 1 aliphatic heterocycles. The van der Waals surface area contributed by atoms with Crippen LogP contribution in [0.5, 0.6) is 0 Å². The largest absolute Gasteiger partial charge is 0.346 e. The molecule has 0 aromatic rings. The third-order valence-corrected chi connectivity index (χ3v) is 3.15. The lowest BCUT2D eigenvalue weighted by Gasteiger charge is -2.23. The Balaban J connectivity index is 2.17. The minimum absolute atomic E-state index is 0.291. The van der Waals surface area contributed by atoms with Gasteiger partial charge in [-0.3, -0.25) is 4.79 Å². The average molecular weight is 225 g/mol. The Morgan fingerprint density at radius 1 is 1.50 bits per heavy atom. The molecule has 1 saturated heterocycles. The summed E-state index contributed by atoms with van der Waals surface area (Å²) in [7, 11) is 1.91. The molecule has 16 heavy (non-hydrogen) atoms. The Kier molecular flexibility index (Phi) is 5.81. The highest BCUT2D eigenvalue weighted by molar-refractivity contribution is 5.75. The molecule has 0 aliphatic carbocycles. The van der Waals surface area contributed by atoms with E-state index in [1.54, 1.807) is 0 Å². The van der Waals surface area contributed by atoms with Crippen LogP contribution in [0, 0.1) is 11.8 Å². The van der Waals surface area contributed by atoms with Crippen LogP contribution in [-0.2, 0) is 4.79 Å². The molecule has 0 spiro atoms. The van der Waals surface area contributed by atoms with Gasteiger partial charge in [-0.25, -0.2) is 5.32 Å². The van der Waals surface area contributed by atoms with Crippen molar-refractivity contribution in [3.63, 3.8) is 0 Å². The minimum atomic E-state index is 0.291. The van der Waals surface area contributed by atoms with E-state index in [1.165, 1.54) is 12.8 Å². The quantitative estimate of drug-likeness (QED) is 0.703. The number of hydrogen-bond donors (Lipinski definition) is 0. The molecule has 1 aliphatic rings. The van der Waals surface area contributed by atoms with E-state index in [1.807, 2.05) is 11.9 Å². The first-order valence-corrected chi connectivity index (χ1v) is 6.46. The Bertz CT molecular complexity index is 210. The summed E-state index contributed by atoms with van der Waals surface area (Å²) < 4.78 is 0. The van der Waals surface area contributed by atoms with Gasteiger partial charge >= 0.3 is 0 Å². The van der Waals surface area contributed by atoms with E-state index in [-0.39, 0.29) is 0 Å². The molecule has 0 N–H and O–H groups in total. The predicted octanol–water partition coefficient (Wildman–Crippen LogP) is 1.90. The fraction of sp³-hybridized carbons (Fsp3) is 0.923. The Morgan fingerprint density at radius 2 is 2.25 bits per heavy atom. The summed E-state index contributed by atoms with van der Waals surface area (Å²) >= 11 is 0. The van der Waals surface area contributed by atoms with Crippen LogP contribution in [-0.4, -0.2) is 37.5 Å². The van der Waals surface area contributed by atoms with Gasteiger partial charge in [0.25, 0.3) is 0 Å². The number of hydrogen-bond acceptors (Lipinski definition) is 1. The van der Waals surface area contributed by atoms with Gasteiger partial charge in [-0.1, -0.05) is 13.8 Å². The van der Waals surface area contributed by atoms with E-state index in [4.69, 9.17) is 0 Å². The van der Waals surface area contributed by atoms with Crippen LogP contribution >= 0.6 is 0 Å². The van der Waals surface area contributed by atoms with Crippen molar-refractivity contribution in [1.82, 2.24) is 10.2 Å². The van der Waals surface area contributed by atoms with Crippen LogP contribution < -0.4 is 5.32 Å². The lowest BCUT2D eigenvalue weighted by atomic mass is 9.94. The van der Waals surface area contributed by atoms with Crippen molar-refractivity contribution >= 4 is 5.91 Å². The Hall–Kier alpha value is -0.570. The Morgan fingerprint density at radius 3 is 2.81 bits per heavy atom. The summed E-state index contributed by atoms with van der Waals surface area (Å²) in [5, 5.41) is 4.40. The molecule has 1 rings (SSSR count). The highest BCUT2D eigenvalue weighted by Crippen LogP contribution is 2.17. The van der Waals surface area contributed by atoms with Crippen molar-refractivity contribution in [3.8, 4) is 0 Å². The molecular formula is C13H25N2O. The molecule has 3 nitrogen and oxygen atoms in total. The van der Waals surface area contributed by atoms with E-state index in [9.17, 15) is 4.79 Å². The molecule has 0 saturated carbocycles. The van der Waals surface area contributed by atoms with Crippen LogP contribution in [0.4, 0.5) is 0 Å². The molecule has 1 amide bonds. The Labute approximate surface area is 99.6 Å². The molecule has 0 bridgehead atoms. The molecule has 3 heteroatoms. The number of amides is 1. The van der Waals surface area contributed by atoms with Gasteiger partial charge in [0.2, 0.25) is 5.91 Å². The average Bonchev–Trinajstić information content (AvgIpc) is 2.26. The molecule has 1 fully saturated rings. The molecule has 1 atom stereocenters. The second kappa shape index (κ2) is 6.89. The van der Waals surface area contributed by atoms with E-state index in [0.717, 1.165) is 26.1 Å². The van der Waals surface area contributed by atoms with Crippen LogP contribution in [0.2, 0.25) is 0 Å². The first-order chi connectivity index (χ1) is 7.59. The highest BCUT2D eigenvalue weighted by atomic mass is 16.2. The molecular weight excluding hydrogens is 200 g/mol. The third-order valence-electron chi connectivity index (χ3n) is 3.15. The first kappa shape index (κ1) is 13.5. The zero-order chi connectivity index (χ0) is 12.0. The van der Waals surface area contributed by atoms with E-state index >= 15 is 0 Å². The standard InChI is InChI=1S/C13H25N2O/c1-11(2)10-15(3)13(16)7-6-12-5-4-8-14-9-12/h11-12H,4-10H2,1-3H3. The second-order valence-corrected chi connectivity index (χ2v) is 5.34. The van der Waals surface area contributed by atoms with Crippen LogP contribution in [0.3, 0.4) is 0 Å². The lowest BCUT2D eigenvalue weighted by molar-refractivity contribution is -0.130. The normalized spacial score (nSPS) is 21.1. The maximum Gasteiger partial charge on any atom is 0.222 e. The van der Waals surface area contributed by atoms with Gasteiger partial charge in [0.05, 0.1) is 0 Å². The lowest BCUT2D eigenvalue weighted by Crippen LogP contribution is -2.31. The van der Waals surface area contributed by atoms with Crippen molar-refractivity contribution in [2.24, 2.45) is 11.8 Å². The van der Waals surface area contributed by atoms with Gasteiger partial charge in [0, 0.05) is 33.1 Å². The smallest absolute Gasteiger partial charge is 0.222 e. The van der Waals surface area contributed by atoms with Crippen molar-refractivity contribution in [3.05, 3.63) is 0 Å². The van der Waals surface area contributed by atoms with E-state index < -0.39 is 0 Å². The van der Waals surface area contributed by atoms with Crippen LogP contribution in [0.25, 0.3) is 0 Å². The van der Waals surface area contributed by atoms with Gasteiger partial charge in [0.15, 0.2) is 0 Å². The van der Waals surface area contributed by atoms with Crippen molar-refractivity contribution < 1.29 is 4.79 Å². The van der Waals surface area contributed by atoms with E-state index in [2.05, 4.69) is 19.2 Å². The van der Waals surface area contributed by atoms with Gasteiger partial charge in [-0.05, 0) is 31.1 Å². The van der Waals surface area contributed by atoms with Crippen molar-refractivity contribution in [1.29, 1.82) is 0 Å².